The number of thioether (sulfide) groups is 1. The Balaban J connectivity index is 1.84. The minimum atomic E-state index is -0.147. The number of methoxy groups -OCH3 is 1. The quantitative estimate of drug-likeness (QED) is 0.744. The fourth-order valence-corrected chi connectivity index (χ4v) is 3.67. The van der Waals surface area contributed by atoms with Gasteiger partial charge in [0, 0.05) is 11.3 Å². The van der Waals surface area contributed by atoms with Gasteiger partial charge in [-0.05, 0) is 36.1 Å². The summed E-state index contributed by atoms with van der Waals surface area (Å²) in [5.41, 5.74) is 2.55. The number of ether oxygens (including phenoxy) is 1. The molecule has 1 amide bonds. The summed E-state index contributed by atoms with van der Waals surface area (Å²) < 4.78 is 6.28. The van der Waals surface area contributed by atoms with Crippen LogP contribution in [0.15, 0.2) is 42.5 Å². The fraction of sp³-hybridized carbons (Fsp3) is 0.176. The van der Waals surface area contributed by atoms with E-state index >= 15 is 0 Å². The van der Waals surface area contributed by atoms with E-state index in [1.54, 1.807) is 18.9 Å². The van der Waals surface area contributed by atoms with Crippen LogP contribution in [0.4, 0.5) is 5.13 Å². The smallest absolute Gasteiger partial charge is 0.257 e. The minimum Gasteiger partial charge on any atom is -0.494 e. The molecule has 6 heteroatoms. The Kier molecular flexibility index (Phi) is 4.83. The second kappa shape index (κ2) is 7.02. The van der Waals surface area contributed by atoms with E-state index in [-0.39, 0.29) is 5.91 Å². The molecule has 0 saturated heterocycles. The summed E-state index contributed by atoms with van der Waals surface area (Å²) in [5.74, 6) is 1.45. The van der Waals surface area contributed by atoms with Crippen molar-refractivity contribution >= 4 is 44.4 Å². The number of fused-ring (bicyclic) bond motifs is 1. The van der Waals surface area contributed by atoms with Gasteiger partial charge in [-0.1, -0.05) is 29.5 Å². The van der Waals surface area contributed by atoms with Crippen molar-refractivity contribution in [2.24, 2.45) is 0 Å². The van der Waals surface area contributed by atoms with Crippen molar-refractivity contribution in [2.45, 2.75) is 5.75 Å². The standard InChI is InChI=1S/C17H16N2O2S2/c1-21-13-7-4-8-14-15(13)18-17(23-14)19-16(20)12-6-3-5-11(9-12)10-22-2/h3-9H,10H2,1-2H3,(H,18,19,20). The van der Waals surface area contributed by atoms with Crippen LogP contribution in [0.25, 0.3) is 10.2 Å². The molecule has 1 N–H and O–H groups in total. The largest absolute Gasteiger partial charge is 0.494 e. The zero-order chi connectivity index (χ0) is 16.2. The van der Waals surface area contributed by atoms with E-state index in [9.17, 15) is 4.79 Å². The lowest BCUT2D eigenvalue weighted by molar-refractivity contribution is 0.102. The molecule has 3 aromatic rings. The molecule has 3 rings (SSSR count). The third kappa shape index (κ3) is 3.48. The molecule has 0 spiro atoms. The van der Waals surface area contributed by atoms with E-state index in [4.69, 9.17) is 4.74 Å². The van der Waals surface area contributed by atoms with Crippen LogP contribution in [0.1, 0.15) is 15.9 Å². The van der Waals surface area contributed by atoms with Gasteiger partial charge in [0.15, 0.2) is 5.13 Å². The molecule has 0 radical (unpaired) electrons. The lowest BCUT2D eigenvalue weighted by atomic mass is 10.1. The van der Waals surface area contributed by atoms with Crippen molar-refractivity contribution in [3.05, 3.63) is 53.6 Å². The average molecular weight is 344 g/mol. The van der Waals surface area contributed by atoms with Crippen LogP contribution in [0.2, 0.25) is 0 Å². The normalized spacial score (nSPS) is 10.7. The first-order chi connectivity index (χ1) is 11.2. The number of hydrogen-bond acceptors (Lipinski definition) is 5. The molecular weight excluding hydrogens is 328 g/mol. The predicted octanol–water partition coefficient (Wildman–Crippen LogP) is 4.42. The van der Waals surface area contributed by atoms with Gasteiger partial charge in [-0.25, -0.2) is 4.98 Å². The van der Waals surface area contributed by atoms with E-state index in [0.717, 1.165) is 21.5 Å². The Morgan fingerprint density at radius 3 is 2.91 bits per heavy atom. The van der Waals surface area contributed by atoms with Crippen LogP contribution in [-0.4, -0.2) is 24.3 Å². The van der Waals surface area contributed by atoms with Crippen molar-refractivity contribution < 1.29 is 9.53 Å². The lowest BCUT2D eigenvalue weighted by Crippen LogP contribution is -2.11. The number of amides is 1. The fourth-order valence-electron chi connectivity index (χ4n) is 2.28. The Morgan fingerprint density at radius 2 is 2.13 bits per heavy atom. The molecular formula is C17H16N2O2S2. The predicted molar refractivity (Wildman–Crippen MR) is 97.8 cm³/mol. The van der Waals surface area contributed by atoms with Crippen LogP contribution in [-0.2, 0) is 5.75 Å². The molecule has 1 aromatic heterocycles. The number of benzene rings is 2. The highest BCUT2D eigenvalue weighted by molar-refractivity contribution is 7.97. The average Bonchev–Trinajstić information content (AvgIpc) is 2.97. The van der Waals surface area contributed by atoms with Gasteiger partial charge < -0.3 is 4.74 Å². The van der Waals surface area contributed by atoms with Gasteiger partial charge in [-0.3, -0.25) is 10.1 Å². The van der Waals surface area contributed by atoms with Crippen molar-refractivity contribution in [3.8, 4) is 5.75 Å². The third-order valence-electron chi connectivity index (χ3n) is 3.32. The van der Waals surface area contributed by atoms with Crippen LogP contribution in [0, 0.1) is 0 Å². The van der Waals surface area contributed by atoms with Gasteiger partial charge in [0.1, 0.15) is 11.3 Å². The summed E-state index contributed by atoms with van der Waals surface area (Å²) in [5, 5.41) is 3.45. The SMILES string of the molecule is COc1cccc2sc(NC(=O)c3cccc(CSC)c3)nc12. The molecule has 0 aliphatic rings. The molecule has 4 nitrogen and oxygen atoms in total. The van der Waals surface area contributed by atoms with Gasteiger partial charge in [0.05, 0.1) is 11.8 Å². The van der Waals surface area contributed by atoms with Gasteiger partial charge in [0.25, 0.3) is 5.91 Å². The molecule has 0 aliphatic carbocycles. The van der Waals surface area contributed by atoms with E-state index in [0.29, 0.717) is 16.4 Å². The van der Waals surface area contributed by atoms with Crippen LogP contribution in [0.3, 0.4) is 0 Å². The second-order valence-electron chi connectivity index (χ2n) is 4.91. The summed E-state index contributed by atoms with van der Waals surface area (Å²) >= 11 is 3.17. The number of thiazole rings is 1. The number of carbonyl (C=O) groups excluding carboxylic acids is 1. The van der Waals surface area contributed by atoms with Gasteiger partial charge in [-0.15, -0.1) is 0 Å². The number of para-hydroxylation sites is 1. The molecule has 0 saturated carbocycles. The molecule has 118 valence electrons. The molecule has 0 fully saturated rings. The summed E-state index contributed by atoms with van der Waals surface area (Å²) in [4.78, 5) is 16.9. The number of nitrogens with one attached hydrogen (secondary N) is 1. The number of rotatable bonds is 5. The molecule has 23 heavy (non-hydrogen) atoms. The summed E-state index contributed by atoms with van der Waals surface area (Å²) in [7, 11) is 1.61. The third-order valence-corrected chi connectivity index (χ3v) is 4.88. The Bertz CT molecular complexity index is 845. The first-order valence-corrected chi connectivity index (χ1v) is 9.25. The van der Waals surface area contributed by atoms with E-state index in [1.165, 1.54) is 11.3 Å². The van der Waals surface area contributed by atoms with Crippen molar-refractivity contribution in [2.75, 3.05) is 18.7 Å². The lowest BCUT2D eigenvalue weighted by Gasteiger charge is -2.04. The van der Waals surface area contributed by atoms with Crippen LogP contribution >= 0.6 is 23.1 Å². The van der Waals surface area contributed by atoms with Crippen molar-refractivity contribution in [1.29, 1.82) is 0 Å². The number of carbonyl (C=O) groups is 1. The van der Waals surface area contributed by atoms with Gasteiger partial charge >= 0.3 is 0 Å². The first-order valence-electron chi connectivity index (χ1n) is 7.04. The number of anilines is 1. The number of aromatic nitrogens is 1. The van der Waals surface area contributed by atoms with Crippen LogP contribution < -0.4 is 10.1 Å². The molecule has 2 aromatic carbocycles. The molecule has 1 heterocycles. The topological polar surface area (TPSA) is 51.2 Å². The Labute approximate surface area is 142 Å². The zero-order valence-corrected chi connectivity index (χ0v) is 14.5. The number of nitrogens with zero attached hydrogens (tertiary/aromatic N) is 1. The van der Waals surface area contributed by atoms with Gasteiger partial charge in [-0.2, -0.15) is 11.8 Å². The molecule has 0 unspecified atom stereocenters. The summed E-state index contributed by atoms with van der Waals surface area (Å²) in [6, 6.07) is 13.4. The minimum absolute atomic E-state index is 0.147. The summed E-state index contributed by atoms with van der Waals surface area (Å²) in [6.45, 7) is 0. The maximum Gasteiger partial charge on any atom is 0.257 e. The second-order valence-corrected chi connectivity index (χ2v) is 6.81. The van der Waals surface area contributed by atoms with Crippen molar-refractivity contribution in [1.82, 2.24) is 4.98 Å². The monoisotopic (exact) mass is 344 g/mol. The first kappa shape index (κ1) is 15.8. The highest BCUT2D eigenvalue weighted by atomic mass is 32.2. The van der Waals surface area contributed by atoms with E-state index < -0.39 is 0 Å². The van der Waals surface area contributed by atoms with E-state index in [1.807, 2.05) is 48.7 Å². The van der Waals surface area contributed by atoms with E-state index in [2.05, 4.69) is 10.3 Å². The Morgan fingerprint density at radius 1 is 1.30 bits per heavy atom. The Hall–Kier alpha value is -2.05. The molecule has 0 bridgehead atoms. The maximum atomic E-state index is 12.4. The number of hydrogen-bond donors (Lipinski definition) is 1. The zero-order valence-electron chi connectivity index (χ0n) is 12.8. The van der Waals surface area contributed by atoms with Crippen molar-refractivity contribution in [3.63, 3.8) is 0 Å². The van der Waals surface area contributed by atoms with Crippen LogP contribution in [0.5, 0.6) is 5.75 Å². The maximum absolute atomic E-state index is 12.4. The molecule has 0 atom stereocenters. The molecule has 0 aliphatic heterocycles. The summed E-state index contributed by atoms with van der Waals surface area (Å²) in [6.07, 6.45) is 2.04. The highest BCUT2D eigenvalue weighted by Crippen LogP contribution is 2.32. The van der Waals surface area contributed by atoms with Gasteiger partial charge in [0.2, 0.25) is 0 Å². The highest BCUT2D eigenvalue weighted by Gasteiger charge is 2.12.